The third-order valence-electron chi connectivity index (χ3n) is 6.28. The first-order chi connectivity index (χ1) is 15.2. The SMILES string of the molecule is CCOc1ccc(C2CC(=O)N(c3cccc4ccccc34)C3=C2C(=O)CCC3)cc1. The van der Waals surface area contributed by atoms with Gasteiger partial charge in [0.25, 0.3) is 0 Å². The average Bonchev–Trinajstić information content (AvgIpc) is 2.79. The number of carbonyl (C=O) groups excluding carboxylic acids is 2. The van der Waals surface area contributed by atoms with E-state index in [2.05, 4.69) is 12.1 Å². The fraction of sp³-hybridized carbons (Fsp3) is 0.259. The highest BCUT2D eigenvalue weighted by molar-refractivity contribution is 6.11. The van der Waals surface area contributed by atoms with Gasteiger partial charge in [0, 0.05) is 35.4 Å². The maximum absolute atomic E-state index is 13.5. The molecule has 0 N–H and O–H groups in total. The molecule has 31 heavy (non-hydrogen) atoms. The lowest BCUT2D eigenvalue weighted by molar-refractivity contribution is -0.119. The molecule has 1 atom stereocenters. The topological polar surface area (TPSA) is 46.6 Å². The lowest BCUT2D eigenvalue weighted by atomic mass is 9.77. The molecule has 3 aromatic rings. The maximum Gasteiger partial charge on any atom is 0.232 e. The summed E-state index contributed by atoms with van der Waals surface area (Å²) in [5.41, 5.74) is 3.55. The van der Waals surface area contributed by atoms with E-state index in [-0.39, 0.29) is 17.6 Å². The van der Waals surface area contributed by atoms with Crippen molar-refractivity contribution in [1.29, 1.82) is 0 Å². The van der Waals surface area contributed by atoms with Gasteiger partial charge in [0.15, 0.2) is 5.78 Å². The summed E-state index contributed by atoms with van der Waals surface area (Å²) in [5, 5.41) is 2.12. The zero-order chi connectivity index (χ0) is 21.4. The first-order valence-corrected chi connectivity index (χ1v) is 11.0. The van der Waals surface area contributed by atoms with Crippen molar-refractivity contribution in [2.75, 3.05) is 11.5 Å². The van der Waals surface area contributed by atoms with Crippen LogP contribution in [0.2, 0.25) is 0 Å². The maximum atomic E-state index is 13.5. The number of hydrogen-bond donors (Lipinski definition) is 0. The Bertz CT molecular complexity index is 1190. The molecular formula is C27H25NO3. The lowest BCUT2D eigenvalue weighted by Crippen LogP contribution is -2.40. The van der Waals surface area contributed by atoms with Crippen molar-refractivity contribution in [2.45, 2.75) is 38.5 Å². The number of ketones is 1. The standard InChI is InChI=1S/C27H25NO3/c1-2-31-20-15-13-19(14-16-20)22-17-26(30)28(24-11-6-12-25(29)27(22)24)23-10-5-8-18-7-3-4-9-21(18)23/h3-5,7-10,13-16,22H,2,6,11-12,17H2,1H3. The van der Waals surface area contributed by atoms with E-state index in [0.717, 1.165) is 51.9 Å². The van der Waals surface area contributed by atoms with Gasteiger partial charge in [-0.25, -0.2) is 0 Å². The monoisotopic (exact) mass is 411 g/mol. The summed E-state index contributed by atoms with van der Waals surface area (Å²) in [7, 11) is 0. The van der Waals surface area contributed by atoms with Crippen molar-refractivity contribution in [1.82, 2.24) is 0 Å². The Morgan fingerprint density at radius 3 is 2.52 bits per heavy atom. The van der Waals surface area contributed by atoms with Gasteiger partial charge in [0.2, 0.25) is 5.91 Å². The first-order valence-electron chi connectivity index (χ1n) is 11.0. The highest BCUT2D eigenvalue weighted by atomic mass is 16.5. The zero-order valence-corrected chi connectivity index (χ0v) is 17.6. The normalized spacial score (nSPS) is 19.0. The highest BCUT2D eigenvalue weighted by Crippen LogP contribution is 2.44. The Morgan fingerprint density at radius 2 is 1.71 bits per heavy atom. The van der Waals surface area contributed by atoms with E-state index in [1.165, 1.54) is 0 Å². The number of hydrogen-bond acceptors (Lipinski definition) is 3. The summed E-state index contributed by atoms with van der Waals surface area (Å²) in [6.07, 6.45) is 2.36. The third kappa shape index (κ3) is 3.42. The van der Waals surface area contributed by atoms with Crippen molar-refractivity contribution in [3.63, 3.8) is 0 Å². The molecule has 4 nitrogen and oxygen atoms in total. The number of anilines is 1. The number of allylic oxidation sites excluding steroid dienone is 2. The predicted molar refractivity (Wildman–Crippen MR) is 122 cm³/mol. The summed E-state index contributed by atoms with van der Waals surface area (Å²) in [5.74, 6) is 0.814. The molecule has 1 amide bonds. The molecular weight excluding hydrogens is 386 g/mol. The Balaban J connectivity index is 1.64. The minimum Gasteiger partial charge on any atom is -0.494 e. The molecule has 5 rings (SSSR count). The van der Waals surface area contributed by atoms with Crippen LogP contribution in [0.3, 0.4) is 0 Å². The van der Waals surface area contributed by atoms with E-state index < -0.39 is 0 Å². The Kier molecular flexibility index (Phi) is 5.06. The van der Waals surface area contributed by atoms with Crippen molar-refractivity contribution in [2.24, 2.45) is 0 Å². The number of carbonyl (C=O) groups is 2. The smallest absolute Gasteiger partial charge is 0.232 e. The van der Waals surface area contributed by atoms with Crippen molar-refractivity contribution in [3.05, 3.63) is 83.6 Å². The van der Waals surface area contributed by atoms with Crippen molar-refractivity contribution < 1.29 is 14.3 Å². The van der Waals surface area contributed by atoms with Gasteiger partial charge in [-0.2, -0.15) is 0 Å². The van der Waals surface area contributed by atoms with Crippen LogP contribution < -0.4 is 9.64 Å². The number of amides is 1. The molecule has 1 aliphatic heterocycles. The quantitative estimate of drug-likeness (QED) is 0.548. The largest absolute Gasteiger partial charge is 0.494 e. The van der Waals surface area contributed by atoms with Crippen LogP contribution in [-0.2, 0) is 9.59 Å². The predicted octanol–water partition coefficient (Wildman–Crippen LogP) is 5.77. The number of nitrogens with zero attached hydrogens (tertiary/aromatic N) is 1. The molecule has 1 aliphatic carbocycles. The minimum atomic E-state index is -0.197. The first kappa shape index (κ1) is 19.6. The van der Waals surface area contributed by atoms with E-state index in [9.17, 15) is 9.59 Å². The summed E-state index contributed by atoms with van der Waals surface area (Å²) in [6, 6.07) is 21.9. The number of benzene rings is 3. The number of Topliss-reactive ketones (excluding diaryl/α,β-unsaturated/α-hetero) is 1. The fourth-order valence-corrected chi connectivity index (χ4v) is 4.92. The van der Waals surface area contributed by atoms with E-state index in [4.69, 9.17) is 4.74 Å². The van der Waals surface area contributed by atoms with E-state index in [1.54, 1.807) is 0 Å². The van der Waals surface area contributed by atoms with Gasteiger partial charge in [-0.15, -0.1) is 0 Å². The van der Waals surface area contributed by atoms with Gasteiger partial charge in [-0.3, -0.25) is 14.5 Å². The lowest BCUT2D eigenvalue weighted by Gasteiger charge is -2.38. The van der Waals surface area contributed by atoms with Crippen LogP contribution in [0.15, 0.2) is 78.0 Å². The summed E-state index contributed by atoms with van der Waals surface area (Å²) in [4.78, 5) is 28.4. The molecule has 0 saturated carbocycles. The van der Waals surface area contributed by atoms with Crippen LogP contribution in [-0.4, -0.2) is 18.3 Å². The van der Waals surface area contributed by atoms with E-state index >= 15 is 0 Å². The number of rotatable bonds is 4. The van der Waals surface area contributed by atoms with Gasteiger partial charge in [0.1, 0.15) is 5.75 Å². The van der Waals surface area contributed by atoms with Gasteiger partial charge in [0.05, 0.1) is 12.3 Å². The zero-order valence-electron chi connectivity index (χ0n) is 17.6. The van der Waals surface area contributed by atoms with Crippen LogP contribution in [0.4, 0.5) is 5.69 Å². The minimum absolute atomic E-state index is 0.0451. The van der Waals surface area contributed by atoms with Crippen molar-refractivity contribution in [3.8, 4) is 5.75 Å². The molecule has 0 aromatic heterocycles. The van der Waals surface area contributed by atoms with Crippen LogP contribution in [0, 0.1) is 0 Å². The number of fused-ring (bicyclic) bond motifs is 1. The Morgan fingerprint density at radius 1 is 0.935 bits per heavy atom. The second kappa shape index (κ2) is 8.03. The molecule has 1 unspecified atom stereocenters. The molecule has 0 fully saturated rings. The second-order valence-electron chi connectivity index (χ2n) is 8.12. The molecule has 3 aromatic carbocycles. The molecule has 0 radical (unpaired) electrons. The summed E-state index contributed by atoms with van der Waals surface area (Å²) in [6.45, 7) is 2.56. The molecule has 2 aliphatic rings. The summed E-state index contributed by atoms with van der Waals surface area (Å²) < 4.78 is 5.56. The summed E-state index contributed by atoms with van der Waals surface area (Å²) >= 11 is 0. The van der Waals surface area contributed by atoms with Crippen LogP contribution in [0.5, 0.6) is 5.75 Å². The van der Waals surface area contributed by atoms with E-state index in [1.807, 2.05) is 66.4 Å². The highest BCUT2D eigenvalue weighted by Gasteiger charge is 2.40. The molecule has 4 heteroatoms. The molecule has 0 saturated heterocycles. The fourth-order valence-electron chi connectivity index (χ4n) is 4.92. The number of ether oxygens (including phenoxy) is 1. The molecule has 1 heterocycles. The Labute approximate surface area is 182 Å². The van der Waals surface area contributed by atoms with Crippen LogP contribution in [0.25, 0.3) is 10.8 Å². The Hall–Kier alpha value is -3.40. The van der Waals surface area contributed by atoms with Crippen molar-refractivity contribution >= 4 is 28.2 Å². The van der Waals surface area contributed by atoms with Gasteiger partial charge in [-0.1, -0.05) is 48.5 Å². The van der Waals surface area contributed by atoms with Gasteiger partial charge >= 0.3 is 0 Å². The van der Waals surface area contributed by atoms with Gasteiger partial charge < -0.3 is 4.74 Å². The van der Waals surface area contributed by atoms with Crippen LogP contribution in [0.1, 0.15) is 44.1 Å². The third-order valence-corrected chi connectivity index (χ3v) is 6.28. The molecule has 156 valence electrons. The molecule has 0 bridgehead atoms. The van der Waals surface area contributed by atoms with Crippen LogP contribution >= 0.6 is 0 Å². The second-order valence-corrected chi connectivity index (χ2v) is 8.12. The molecule has 0 spiro atoms. The van der Waals surface area contributed by atoms with Gasteiger partial charge in [-0.05, 0) is 48.9 Å². The van der Waals surface area contributed by atoms with E-state index in [0.29, 0.717) is 19.4 Å². The average molecular weight is 412 g/mol.